The van der Waals surface area contributed by atoms with Crippen LogP contribution in [0.15, 0.2) is 49.1 Å². The largest absolute Gasteiger partial charge is 0.493 e. The summed E-state index contributed by atoms with van der Waals surface area (Å²) in [7, 11) is 1.53. The van der Waals surface area contributed by atoms with Crippen molar-refractivity contribution >= 4 is 6.29 Å². The Morgan fingerprint density at radius 3 is 2.46 bits per heavy atom. The summed E-state index contributed by atoms with van der Waals surface area (Å²) >= 11 is 0. The van der Waals surface area contributed by atoms with Crippen molar-refractivity contribution in [2.45, 2.75) is 26.4 Å². The highest BCUT2D eigenvalue weighted by atomic mass is 16.5. The summed E-state index contributed by atoms with van der Waals surface area (Å²) in [5, 5.41) is 0. The molecule has 0 aliphatic heterocycles. The third-order valence-electron chi connectivity index (χ3n) is 3.31. The second-order valence-corrected chi connectivity index (χ2v) is 5.54. The van der Waals surface area contributed by atoms with Gasteiger partial charge in [-0.25, -0.2) is 0 Å². The van der Waals surface area contributed by atoms with Crippen molar-refractivity contribution in [2.75, 3.05) is 7.11 Å². The van der Waals surface area contributed by atoms with Crippen molar-refractivity contribution in [2.24, 2.45) is 0 Å². The van der Waals surface area contributed by atoms with E-state index in [2.05, 4.69) is 6.58 Å². The molecule has 0 N–H and O–H groups in total. The molecule has 24 heavy (non-hydrogen) atoms. The number of carbonyl (C=O) groups excluding carboxylic acids is 1. The van der Waals surface area contributed by atoms with Gasteiger partial charge in [-0.1, -0.05) is 24.3 Å². The van der Waals surface area contributed by atoms with Crippen molar-refractivity contribution < 1.29 is 19.0 Å². The van der Waals surface area contributed by atoms with Gasteiger partial charge >= 0.3 is 0 Å². The highest BCUT2D eigenvalue weighted by Gasteiger charge is 2.17. The van der Waals surface area contributed by atoms with Gasteiger partial charge < -0.3 is 14.2 Å². The van der Waals surface area contributed by atoms with E-state index >= 15 is 0 Å². The highest BCUT2D eigenvalue weighted by molar-refractivity contribution is 5.78. The Bertz CT molecular complexity index is 720. The van der Waals surface area contributed by atoms with Crippen LogP contribution in [0.5, 0.6) is 23.0 Å². The van der Waals surface area contributed by atoms with Gasteiger partial charge in [0.2, 0.25) is 5.75 Å². The lowest BCUT2D eigenvalue weighted by Gasteiger charge is -2.19. The summed E-state index contributed by atoms with van der Waals surface area (Å²) in [6.45, 7) is 7.61. The summed E-state index contributed by atoms with van der Waals surface area (Å²) in [5.74, 6) is 2.08. The van der Waals surface area contributed by atoms with E-state index in [1.807, 2.05) is 44.2 Å². The molecule has 0 fully saturated rings. The van der Waals surface area contributed by atoms with Gasteiger partial charge in [0.1, 0.15) is 12.0 Å². The zero-order chi connectivity index (χ0) is 17.5. The van der Waals surface area contributed by atoms with E-state index in [1.165, 1.54) is 7.11 Å². The van der Waals surface area contributed by atoms with Crippen LogP contribution in [0.2, 0.25) is 0 Å². The van der Waals surface area contributed by atoms with Crippen LogP contribution in [0.3, 0.4) is 0 Å². The fourth-order valence-electron chi connectivity index (χ4n) is 2.29. The fourth-order valence-corrected chi connectivity index (χ4v) is 2.29. The Balaban J connectivity index is 2.51. The normalized spacial score (nSPS) is 10.3. The first-order valence-electron chi connectivity index (χ1n) is 7.79. The van der Waals surface area contributed by atoms with Crippen molar-refractivity contribution in [1.82, 2.24) is 0 Å². The number of para-hydroxylation sites is 1. The Labute approximate surface area is 142 Å². The highest BCUT2D eigenvalue weighted by Crippen LogP contribution is 2.42. The molecule has 0 amide bonds. The van der Waals surface area contributed by atoms with Crippen LogP contribution < -0.4 is 14.2 Å². The van der Waals surface area contributed by atoms with E-state index in [0.717, 1.165) is 11.8 Å². The number of benzene rings is 2. The first kappa shape index (κ1) is 17.6. The number of carbonyl (C=O) groups is 1. The molecule has 4 nitrogen and oxygen atoms in total. The first-order valence-corrected chi connectivity index (χ1v) is 7.79. The molecule has 0 aromatic heterocycles. The number of hydrogen-bond acceptors (Lipinski definition) is 4. The zero-order valence-electron chi connectivity index (χ0n) is 14.2. The van der Waals surface area contributed by atoms with Gasteiger partial charge in [0.15, 0.2) is 11.5 Å². The minimum Gasteiger partial charge on any atom is -0.493 e. The van der Waals surface area contributed by atoms with Gasteiger partial charge in [-0.05, 0) is 44.0 Å². The summed E-state index contributed by atoms with van der Waals surface area (Å²) in [6, 6.07) is 11.0. The topological polar surface area (TPSA) is 44.8 Å². The second kappa shape index (κ2) is 8.20. The van der Waals surface area contributed by atoms with Crippen molar-refractivity contribution in [3.05, 3.63) is 60.2 Å². The van der Waals surface area contributed by atoms with Gasteiger partial charge in [-0.15, -0.1) is 6.58 Å². The SMILES string of the molecule is C=CCc1ccccc1Oc1cc(C=O)cc(OC)c1OC(C)C. The molecular weight excluding hydrogens is 304 g/mol. The lowest BCUT2D eigenvalue weighted by atomic mass is 10.1. The predicted octanol–water partition coefficient (Wildman–Crippen LogP) is 4.82. The fraction of sp³-hybridized carbons (Fsp3) is 0.250. The van der Waals surface area contributed by atoms with Crippen LogP contribution in [-0.2, 0) is 6.42 Å². The number of methoxy groups -OCH3 is 1. The van der Waals surface area contributed by atoms with Crippen molar-refractivity contribution in [3.63, 3.8) is 0 Å². The molecule has 0 radical (unpaired) electrons. The second-order valence-electron chi connectivity index (χ2n) is 5.54. The molecular formula is C20H22O4. The molecule has 2 aromatic carbocycles. The molecule has 0 saturated carbocycles. The van der Waals surface area contributed by atoms with E-state index in [1.54, 1.807) is 12.1 Å². The summed E-state index contributed by atoms with van der Waals surface area (Å²) in [6.07, 6.45) is 3.19. The van der Waals surface area contributed by atoms with Gasteiger partial charge in [0.25, 0.3) is 0 Å². The van der Waals surface area contributed by atoms with Crippen LogP contribution in [0.4, 0.5) is 0 Å². The number of ether oxygens (including phenoxy) is 3. The number of hydrogen-bond donors (Lipinski definition) is 0. The molecule has 0 saturated heterocycles. The van der Waals surface area contributed by atoms with Gasteiger partial charge in [-0.3, -0.25) is 4.79 Å². The van der Waals surface area contributed by atoms with Gasteiger partial charge in [-0.2, -0.15) is 0 Å². The van der Waals surface area contributed by atoms with Crippen LogP contribution in [-0.4, -0.2) is 19.5 Å². The number of rotatable bonds is 8. The maximum atomic E-state index is 11.2. The smallest absolute Gasteiger partial charge is 0.204 e. The van der Waals surface area contributed by atoms with Crippen molar-refractivity contribution in [1.29, 1.82) is 0 Å². The summed E-state index contributed by atoms with van der Waals surface area (Å²) in [4.78, 5) is 11.2. The van der Waals surface area contributed by atoms with Crippen LogP contribution in [0, 0.1) is 0 Å². The van der Waals surface area contributed by atoms with Crippen molar-refractivity contribution in [3.8, 4) is 23.0 Å². The van der Waals surface area contributed by atoms with Crippen LogP contribution in [0.25, 0.3) is 0 Å². The summed E-state index contributed by atoms with van der Waals surface area (Å²) < 4.78 is 17.3. The Morgan fingerprint density at radius 2 is 1.83 bits per heavy atom. The third-order valence-corrected chi connectivity index (χ3v) is 3.31. The summed E-state index contributed by atoms with van der Waals surface area (Å²) in [5.41, 5.74) is 1.46. The molecule has 0 aliphatic carbocycles. The van der Waals surface area contributed by atoms with Gasteiger partial charge in [0.05, 0.1) is 13.2 Å². The molecule has 0 spiro atoms. The van der Waals surface area contributed by atoms with E-state index in [-0.39, 0.29) is 6.10 Å². The Kier molecular flexibility index (Phi) is 6.01. The average Bonchev–Trinajstić information content (AvgIpc) is 2.57. The molecule has 0 aliphatic rings. The monoisotopic (exact) mass is 326 g/mol. The minimum atomic E-state index is -0.0632. The minimum absolute atomic E-state index is 0.0632. The van der Waals surface area contributed by atoms with E-state index in [0.29, 0.717) is 35.0 Å². The van der Waals surface area contributed by atoms with Gasteiger partial charge in [0, 0.05) is 5.56 Å². The number of allylic oxidation sites excluding steroid dienone is 1. The molecule has 0 unspecified atom stereocenters. The molecule has 4 heteroatoms. The Morgan fingerprint density at radius 1 is 1.12 bits per heavy atom. The van der Waals surface area contributed by atoms with E-state index in [9.17, 15) is 4.79 Å². The molecule has 126 valence electrons. The van der Waals surface area contributed by atoms with E-state index < -0.39 is 0 Å². The first-order chi connectivity index (χ1) is 11.6. The predicted molar refractivity (Wildman–Crippen MR) is 94.6 cm³/mol. The molecule has 2 rings (SSSR count). The molecule has 0 bridgehead atoms. The average molecular weight is 326 g/mol. The Hall–Kier alpha value is -2.75. The molecule has 0 heterocycles. The quantitative estimate of drug-likeness (QED) is 0.515. The molecule has 2 aromatic rings. The number of aldehydes is 1. The third kappa shape index (κ3) is 4.16. The zero-order valence-corrected chi connectivity index (χ0v) is 14.2. The van der Waals surface area contributed by atoms with Crippen LogP contribution in [0.1, 0.15) is 29.8 Å². The maximum Gasteiger partial charge on any atom is 0.204 e. The maximum absolute atomic E-state index is 11.2. The van der Waals surface area contributed by atoms with Crippen LogP contribution >= 0.6 is 0 Å². The lowest BCUT2D eigenvalue weighted by Crippen LogP contribution is -2.08. The molecule has 0 atom stereocenters. The standard InChI is InChI=1S/C20H22O4/c1-5-8-16-9-6-7-10-17(16)24-19-12-15(13-21)11-18(22-4)20(19)23-14(2)3/h5-7,9-14H,1,8H2,2-4H3. The lowest BCUT2D eigenvalue weighted by molar-refractivity contribution is 0.112. The van der Waals surface area contributed by atoms with E-state index in [4.69, 9.17) is 14.2 Å².